The molecule has 2 aromatic carbocycles. The van der Waals surface area contributed by atoms with Gasteiger partial charge in [0.1, 0.15) is 11.6 Å². The summed E-state index contributed by atoms with van der Waals surface area (Å²) in [5, 5.41) is 0. The Balaban J connectivity index is 1.59. The molecule has 0 amide bonds. The highest BCUT2D eigenvalue weighted by Gasteiger charge is 2.12. The van der Waals surface area contributed by atoms with Gasteiger partial charge in [-0.2, -0.15) is 0 Å². The zero-order valence-electron chi connectivity index (χ0n) is 13.5. The smallest absolute Gasteiger partial charge is 0.123 e. The van der Waals surface area contributed by atoms with E-state index in [2.05, 4.69) is 9.55 Å². The molecule has 0 fully saturated rings. The highest BCUT2D eigenvalue weighted by molar-refractivity contribution is 8.16. The SMILES string of the molecule is Fc1ccc(CSC(Cn2ccnc2)SCc2ccc(F)cc2)cc1. The van der Waals surface area contributed by atoms with Crippen molar-refractivity contribution in [3.05, 3.63) is 90.0 Å². The summed E-state index contributed by atoms with van der Waals surface area (Å²) in [6, 6.07) is 13.3. The first kappa shape index (κ1) is 18.0. The summed E-state index contributed by atoms with van der Waals surface area (Å²) in [5.41, 5.74) is 2.20. The predicted octanol–water partition coefficient (Wildman–Crippen LogP) is 5.35. The number of imidazole rings is 1. The quantitative estimate of drug-likeness (QED) is 0.493. The molecule has 0 atom stereocenters. The van der Waals surface area contributed by atoms with E-state index in [9.17, 15) is 8.78 Å². The van der Waals surface area contributed by atoms with Gasteiger partial charge in [-0.1, -0.05) is 24.3 Å². The van der Waals surface area contributed by atoms with Crippen LogP contribution in [0.4, 0.5) is 8.78 Å². The van der Waals surface area contributed by atoms with Gasteiger partial charge >= 0.3 is 0 Å². The molecule has 130 valence electrons. The van der Waals surface area contributed by atoms with Gasteiger partial charge < -0.3 is 4.57 Å². The average Bonchev–Trinajstić information content (AvgIpc) is 3.13. The van der Waals surface area contributed by atoms with Gasteiger partial charge in [0, 0.05) is 30.4 Å². The monoisotopic (exact) mass is 376 g/mol. The number of benzene rings is 2. The third-order valence-corrected chi connectivity index (χ3v) is 6.48. The molecule has 0 radical (unpaired) electrons. The van der Waals surface area contributed by atoms with Crippen LogP contribution < -0.4 is 0 Å². The molecule has 2 nitrogen and oxygen atoms in total. The summed E-state index contributed by atoms with van der Waals surface area (Å²) in [7, 11) is 0. The van der Waals surface area contributed by atoms with Crippen LogP contribution in [0.5, 0.6) is 0 Å². The Morgan fingerprint density at radius 2 is 1.36 bits per heavy atom. The first-order valence-corrected chi connectivity index (χ1v) is 9.96. The van der Waals surface area contributed by atoms with Crippen molar-refractivity contribution in [2.45, 2.75) is 22.6 Å². The van der Waals surface area contributed by atoms with Gasteiger partial charge in [0.15, 0.2) is 0 Å². The second-order valence-corrected chi connectivity index (χ2v) is 8.24. The highest BCUT2D eigenvalue weighted by atomic mass is 32.2. The van der Waals surface area contributed by atoms with E-state index >= 15 is 0 Å². The molecule has 3 rings (SSSR count). The van der Waals surface area contributed by atoms with E-state index in [-0.39, 0.29) is 11.6 Å². The molecule has 6 heteroatoms. The largest absolute Gasteiger partial charge is 0.336 e. The molecule has 25 heavy (non-hydrogen) atoms. The summed E-state index contributed by atoms with van der Waals surface area (Å²) in [5.74, 6) is 1.20. The topological polar surface area (TPSA) is 17.8 Å². The van der Waals surface area contributed by atoms with Crippen molar-refractivity contribution < 1.29 is 8.78 Å². The Labute approximate surface area is 154 Å². The predicted molar refractivity (Wildman–Crippen MR) is 101 cm³/mol. The van der Waals surface area contributed by atoms with Gasteiger partial charge in [0.05, 0.1) is 10.9 Å². The van der Waals surface area contributed by atoms with Crippen LogP contribution in [0, 0.1) is 11.6 Å². The molecular formula is C19H18F2N2S2. The molecule has 1 aromatic heterocycles. The normalized spacial score (nSPS) is 11.2. The second kappa shape index (κ2) is 9.06. The summed E-state index contributed by atoms with van der Waals surface area (Å²) < 4.78 is 28.4. The third-order valence-electron chi connectivity index (χ3n) is 3.62. The van der Waals surface area contributed by atoms with Crippen molar-refractivity contribution in [1.29, 1.82) is 0 Å². The Morgan fingerprint density at radius 1 is 0.840 bits per heavy atom. The molecule has 0 aliphatic heterocycles. The fraction of sp³-hybridized carbons (Fsp3) is 0.211. The van der Waals surface area contributed by atoms with Crippen molar-refractivity contribution in [2.24, 2.45) is 0 Å². The Morgan fingerprint density at radius 3 is 1.80 bits per heavy atom. The minimum Gasteiger partial charge on any atom is -0.336 e. The lowest BCUT2D eigenvalue weighted by atomic mass is 10.2. The summed E-state index contributed by atoms with van der Waals surface area (Å²) in [6.45, 7) is 0.831. The van der Waals surface area contributed by atoms with Crippen molar-refractivity contribution in [1.82, 2.24) is 9.55 Å². The van der Waals surface area contributed by atoms with Gasteiger partial charge in [-0.25, -0.2) is 13.8 Å². The number of hydrogen-bond donors (Lipinski definition) is 0. The molecule has 3 aromatic rings. The first-order chi connectivity index (χ1) is 12.2. The third kappa shape index (κ3) is 5.90. The molecule has 0 spiro atoms. The minimum absolute atomic E-state index is 0.214. The molecule has 0 aliphatic rings. The molecule has 0 unspecified atom stereocenters. The van der Waals surface area contributed by atoms with Crippen molar-refractivity contribution in [2.75, 3.05) is 0 Å². The maximum Gasteiger partial charge on any atom is 0.123 e. The van der Waals surface area contributed by atoms with Crippen LogP contribution >= 0.6 is 23.5 Å². The fourth-order valence-corrected chi connectivity index (χ4v) is 4.75. The van der Waals surface area contributed by atoms with Crippen LogP contribution in [0.3, 0.4) is 0 Å². The molecule has 0 saturated carbocycles. The number of rotatable bonds is 8. The van der Waals surface area contributed by atoms with Gasteiger partial charge in [0.25, 0.3) is 0 Å². The second-order valence-electron chi connectivity index (χ2n) is 5.56. The number of thioether (sulfide) groups is 2. The maximum atomic E-state index is 13.0. The van der Waals surface area contributed by atoms with Crippen molar-refractivity contribution in [3.8, 4) is 0 Å². The fourth-order valence-electron chi connectivity index (χ4n) is 2.26. The average molecular weight is 376 g/mol. The van der Waals surface area contributed by atoms with Crippen LogP contribution in [0.15, 0.2) is 67.3 Å². The number of hydrogen-bond acceptors (Lipinski definition) is 3. The summed E-state index contributed by atoms with van der Waals surface area (Å²) >= 11 is 3.64. The van der Waals surface area contributed by atoms with E-state index in [4.69, 9.17) is 0 Å². The van der Waals surface area contributed by atoms with Gasteiger partial charge in [-0.3, -0.25) is 0 Å². The highest BCUT2D eigenvalue weighted by Crippen LogP contribution is 2.31. The van der Waals surface area contributed by atoms with E-state index in [0.717, 1.165) is 29.2 Å². The summed E-state index contributed by atoms with van der Waals surface area (Å²) in [4.78, 5) is 4.09. The van der Waals surface area contributed by atoms with E-state index in [0.29, 0.717) is 4.58 Å². The van der Waals surface area contributed by atoms with Crippen molar-refractivity contribution in [3.63, 3.8) is 0 Å². The van der Waals surface area contributed by atoms with Gasteiger partial charge in [-0.05, 0) is 35.4 Å². The van der Waals surface area contributed by atoms with Crippen LogP contribution in [0.25, 0.3) is 0 Å². The van der Waals surface area contributed by atoms with Gasteiger partial charge in [0.2, 0.25) is 0 Å². The van der Waals surface area contributed by atoms with E-state index in [1.54, 1.807) is 6.20 Å². The number of nitrogens with zero attached hydrogens (tertiary/aromatic N) is 2. The lowest BCUT2D eigenvalue weighted by Crippen LogP contribution is -2.09. The lowest BCUT2D eigenvalue weighted by Gasteiger charge is -2.17. The minimum atomic E-state index is -0.214. The van der Waals surface area contributed by atoms with Crippen LogP contribution in [-0.4, -0.2) is 14.1 Å². The van der Waals surface area contributed by atoms with E-state index in [1.807, 2.05) is 60.3 Å². The standard InChI is InChI=1S/C19H18F2N2S2/c20-17-5-1-15(2-6-17)12-24-19(11-23-10-9-22-14-23)25-13-16-3-7-18(21)8-4-16/h1-10,14,19H,11-13H2. The molecule has 1 heterocycles. The Kier molecular flexibility index (Phi) is 6.53. The Bertz CT molecular complexity index is 710. The summed E-state index contributed by atoms with van der Waals surface area (Å²) in [6.07, 6.45) is 5.53. The van der Waals surface area contributed by atoms with Crippen molar-refractivity contribution >= 4 is 23.5 Å². The maximum absolute atomic E-state index is 13.0. The zero-order valence-corrected chi connectivity index (χ0v) is 15.1. The van der Waals surface area contributed by atoms with Crippen LogP contribution in [0.1, 0.15) is 11.1 Å². The number of aromatic nitrogens is 2. The molecular weight excluding hydrogens is 358 g/mol. The van der Waals surface area contributed by atoms with Gasteiger partial charge in [-0.15, -0.1) is 23.5 Å². The first-order valence-electron chi connectivity index (χ1n) is 7.87. The molecule has 0 saturated heterocycles. The van der Waals surface area contributed by atoms with Crippen LogP contribution in [-0.2, 0) is 18.1 Å². The lowest BCUT2D eigenvalue weighted by molar-refractivity contribution is 0.627. The Hall–Kier alpha value is -1.79. The number of halogens is 2. The zero-order chi connectivity index (χ0) is 17.5. The van der Waals surface area contributed by atoms with E-state index < -0.39 is 0 Å². The molecule has 0 N–H and O–H groups in total. The van der Waals surface area contributed by atoms with E-state index in [1.165, 1.54) is 24.3 Å². The molecule has 0 aliphatic carbocycles. The molecule has 0 bridgehead atoms. The van der Waals surface area contributed by atoms with Crippen LogP contribution in [0.2, 0.25) is 0 Å².